The van der Waals surface area contributed by atoms with Gasteiger partial charge in [-0.15, -0.1) is 11.3 Å². The molecule has 2 heterocycles. The number of thiazole rings is 1. The normalized spacial score (nSPS) is 15.2. The van der Waals surface area contributed by atoms with Crippen molar-refractivity contribution in [3.05, 3.63) is 35.3 Å². The number of rotatable bonds is 7. The third-order valence-corrected chi connectivity index (χ3v) is 5.61. The van der Waals surface area contributed by atoms with Gasteiger partial charge in [0.05, 0.1) is 6.61 Å². The average molecular weight is 374 g/mol. The molecule has 1 N–H and O–H groups in total. The highest BCUT2D eigenvalue weighted by Crippen LogP contribution is 2.27. The summed E-state index contributed by atoms with van der Waals surface area (Å²) in [7, 11) is 0. The zero-order valence-corrected chi connectivity index (χ0v) is 16.3. The molecule has 0 spiro atoms. The van der Waals surface area contributed by atoms with Crippen molar-refractivity contribution >= 4 is 17.2 Å². The van der Waals surface area contributed by atoms with Gasteiger partial charge in [-0.05, 0) is 63.0 Å². The Kier molecular flexibility index (Phi) is 6.63. The zero-order valence-electron chi connectivity index (χ0n) is 15.5. The molecule has 26 heavy (non-hydrogen) atoms. The van der Waals surface area contributed by atoms with Gasteiger partial charge >= 0.3 is 0 Å². The van der Waals surface area contributed by atoms with Crippen molar-refractivity contribution in [1.29, 1.82) is 0 Å². The maximum absolute atomic E-state index is 12.7. The predicted molar refractivity (Wildman–Crippen MR) is 106 cm³/mol. The second kappa shape index (κ2) is 9.14. The van der Waals surface area contributed by atoms with E-state index in [0.29, 0.717) is 18.2 Å². The van der Waals surface area contributed by atoms with Crippen molar-refractivity contribution < 1.29 is 9.53 Å². The maximum Gasteiger partial charge on any atom is 0.273 e. The van der Waals surface area contributed by atoms with Crippen molar-refractivity contribution in [1.82, 2.24) is 15.2 Å². The molecule has 140 valence electrons. The number of nitrogens with one attached hydrogen (secondary N) is 1. The van der Waals surface area contributed by atoms with Gasteiger partial charge in [-0.2, -0.15) is 0 Å². The van der Waals surface area contributed by atoms with E-state index in [4.69, 9.17) is 4.74 Å². The van der Waals surface area contributed by atoms with Crippen LogP contribution in [0.2, 0.25) is 0 Å². The van der Waals surface area contributed by atoms with Gasteiger partial charge in [-0.1, -0.05) is 6.92 Å². The first-order chi connectivity index (χ1) is 12.7. The first-order valence-electron chi connectivity index (χ1n) is 9.40. The Hall–Kier alpha value is -1.92. The maximum atomic E-state index is 12.7. The van der Waals surface area contributed by atoms with Gasteiger partial charge < -0.3 is 15.0 Å². The number of amides is 1. The second-order valence-electron chi connectivity index (χ2n) is 6.54. The summed E-state index contributed by atoms with van der Waals surface area (Å²) in [4.78, 5) is 19.3. The van der Waals surface area contributed by atoms with Crippen molar-refractivity contribution in [2.24, 2.45) is 5.92 Å². The van der Waals surface area contributed by atoms with Crippen LogP contribution in [0.25, 0.3) is 10.6 Å². The molecule has 6 heteroatoms. The summed E-state index contributed by atoms with van der Waals surface area (Å²) in [6.45, 7) is 8.46. The summed E-state index contributed by atoms with van der Waals surface area (Å²) >= 11 is 1.52. The van der Waals surface area contributed by atoms with Crippen LogP contribution in [-0.4, -0.2) is 48.6 Å². The van der Waals surface area contributed by atoms with E-state index in [-0.39, 0.29) is 5.91 Å². The summed E-state index contributed by atoms with van der Waals surface area (Å²) in [6, 6.07) is 7.86. The van der Waals surface area contributed by atoms with Crippen molar-refractivity contribution in [3.8, 4) is 16.3 Å². The number of benzene rings is 1. The van der Waals surface area contributed by atoms with Crippen molar-refractivity contribution in [3.63, 3.8) is 0 Å². The van der Waals surface area contributed by atoms with Crippen molar-refractivity contribution in [2.45, 2.75) is 26.7 Å². The Bertz CT molecular complexity index is 706. The van der Waals surface area contributed by atoms with E-state index in [9.17, 15) is 4.79 Å². The van der Waals surface area contributed by atoms with Gasteiger partial charge in [0, 0.05) is 24.0 Å². The fraction of sp³-hybridized carbons (Fsp3) is 0.500. The highest BCUT2D eigenvalue weighted by Gasteiger charge is 2.25. The van der Waals surface area contributed by atoms with Crippen LogP contribution in [0.1, 0.15) is 37.2 Å². The predicted octanol–water partition coefficient (Wildman–Crippen LogP) is 3.67. The van der Waals surface area contributed by atoms with Crippen LogP contribution in [0.5, 0.6) is 5.75 Å². The standard InChI is InChI=1S/C20H27N3O2S/c1-3-21-13-15-9-11-23(12-10-15)20(24)18-14-26-19(22-18)16-5-7-17(8-6-16)25-4-2/h5-8,14-15,21H,3-4,9-13H2,1-2H3. The molecule has 5 nitrogen and oxygen atoms in total. The molecule has 1 fully saturated rings. The summed E-state index contributed by atoms with van der Waals surface area (Å²) in [5.41, 5.74) is 1.57. The van der Waals surface area contributed by atoms with Crippen LogP contribution in [0, 0.1) is 5.92 Å². The number of carbonyl (C=O) groups is 1. The molecule has 0 atom stereocenters. The van der Waals surface area contributed by atoms with E-state index < -0.39 is 0 Å². The molecule has 1 amide bonds. The minimum Gasteiger partial charge on any atom is -0.494 e. The molecule has 0 aliphatic carbocycles. The molecule has 1 aliphatic rings. The van der Waals surface area contributed by atoms with E-state index in [1.54, 1.807) is 0 Å². The van der Waals surface area contributed by atoms with Crippen LogP contribution < -0.4 is 10.1 Å². The van der Waals surface area contributed by atoms with Gasteiger partial charge in [0.2, 0.25) is 0 Å². The number of aromatic nitrogens is 1. The van der Waals surface area contributed by atoms with E-state index in [1.165, 1.54) is 11.3 Å². The van der Waals surface area contributed by atoms with Gasteiger partial charge in [0.15, 0.2) is 0 Å². The molecule has 0 bridgehead atoms. The van der Waals surface area contributed by atoms with Gasteiger partial charge in [0.1, 0.15) is 16.5 Å². The average Bonchev–Trinajstić information content (AvgIpc) is 3.17. The topological polar surface area (TPSA) is 54.5 Å². The first kappa shape index (κ1) is 18.9. The molecule has 3 rings (SSSR count). The molecule has 0 saturated carbocycles. The Balaban J connectivity index is 1.60. The monoisotopic (exact) mass is 373 g/mol. The number of likely N-dealkylation sites (tertiary alicyclic amines) is 1. The summed E-state index contributed by atoms with van der Waals surface area (Å²) in [5.74, 6) is 1.58. The quantitative estimate of drug-likeness (QED) is 0.805. The zero-order chi connectivity index (χ0) is 18.4. The van der Waals surface area contributed by atoms with Crippen LogP contribution in [0.3, 0.4) is 0 Å². The number of nitrogens with zero attached hydrogens (tertiary/aromatic N) is 2. The highest BCUT2D eigenvalue weighted by atomic mass is 32.1. The van der Waals surface area contributed by atoms with E-state index in [1.807, 2.05) is 41.5 Å². The fourth-order valence-electron chi connectivity index (χ4n) is 3.22. The fourth-order valence-corrected chi connectivity index (χ4v) is 4.02. The molecule has 2 aromatic rings. The number of hydrogen-bond acceptors (Lipinski definition) is 5. The molecule has 1 aromatic heterocycles. The van der Waals surface area contributed by atoms with Gasteiger partial charge in [-0.3, -0.25) is 4.79 Å². The van der Waals surface area contributed by atoms with Crippen LogP contribution in [0.4, 0.5) is 0 Å². The third-order valence-electron chi connectivity index (χ3n) is 4.72. The highest BCUT2D eigenvalue weighted by molar-refractivity contribution is 7.13. The Morgan fingerprint density at radius 1 is 1.27 bits per heavy atom. The molecule has 1 aromatic carbocycles. The van der Waals surface area contributed by atoms with Crippen LogP contribution in [0.15, 0.2) is 29.6 Å². The molecule has 0 radical (unpaired) electrons. The molecule has 1 saturated heterocycles. The second-order valence-corrected chi connectivity index (χ2v) is 7.40. The number of carbonyl (C=O) groups excluding carboxylic acids is 1. The lowest BCUT2D eigenvalue weighted by Gasteiger charge is -2.31. The molecular formula is C20H27N3O2S. The Morgan fingerprint density at radius 3 is 2.65 bits per heavy atom. The smallest absolute Gasteiger partial charge is 0.273 e. The van der Waals surface area contributed by atoms with Gasteiger partial charge in [0.25, 0.3) is 5.91 Å². The minimum absolute atomic E-state index is 0.0559. The lowest BCUT2D eigenvalue weighted by Crippen LogP contribution is -2.40. The third kappa shape index (κ3) is 4.62. The Labute approximate surface area is 159 Å². The summed E-state index contributed by atoms with van der Waals surface area (Å²) in [5, 5.41) is 6.15. The lowest BCUT2D eigenvalue weighted by atomic mass is 9.96. The van der Waals surface area contributed by atoms with Gasteiger partial charge in [-0.25, -0.2) is 4.98 Å². The van der Waals surface area contributed by atoms with E-state index in [0.717, 1.165) is 55.3 Å². The lowest BCUT2D eigenvalue weighted by molar-refractivity contribution is 0.0685. The van der Waals surface area contributed by atoms with Crippen LogP contribution in [-0.2, 0) is 0 Å². The minimum atomic E-state index is 0.0559. The van der Waals surface area contributed by atoms with E-state index in [2.05, 4.69) is 17.2 Å². The Morgan fingerprint density at radius 2 is 2.00 bits per heavy atom. The SMILES string of the molecule is CCNCC1CCN(C(=O)c2csc(-c3ccc(OCC)cc3)n2)CC1. The van der Waals surface area contributed by atoms with Crippen LogP contribution >= 0.6 is 11.3 Å². The number of ether oxygens (including phenoxy) is 1. The molecule has 0 unspecified atom stereocenters. The summed E-state index contributed by atoms with van der Waals surface area (Å²) < 4.78 is 5.47. The number of hydrogen-bond donors (Lipinski definition) is 1. The van der Waals surface area contributed by atoms with E-state index >= 15 is 0 Å². The molecule has 1 aliphatic heterocycles. The largest absolute Gasteiger partial charge is 0.494 e. The number of piperidine rings is 1. The van der Waals surface area contributed by atoms with Crippen molar-refractivity contribution in [2.75, 3.05) is 32.8 Å². The molecular weight excluding hydrogens is 346 g/mol. The first-order valence-corrected chi connectivity index (χ1v) is 10.3. The summed E-state index contributed by atoms with van der Waals surface area (Å²) in [6.07, 6.45) is 2.13.